The molecule has 0 aliphatic heterocycles. The molecule has 0 radical (unpaired) electrons. The molecule has 3 aliphatic rings. The van der Waals surface area contributed by atoms with Crippen LogP contribution in [0.5, 0.6) is 0 Å². The lowest BCUT2D eigenvalue weighted by atomic mass is 9.70. The minimum absolute atomic E-state index is 0.281. The summed E-state index contributed by atoms with van der Waals surface area (Å²) in [7, 11) is 0. The normalized spacial score (nSPS) is 13.6. The van der Waals surface area contributed by atoms with Gasteiger partial charge in [0.05, 0.1) is 11.1 Å². The Morgan fingerprint density at radius 1 is 0.250 bits per heavy atom. The van der Waals surface area contributed by atoms with Gasteiger partial charge in [-0.1, -0.05) is 220 Å². The van der Waals surface area contributed by atoms with E-state index < -0.39 is 5.41 Å². The Kier molecular flexibility index (Phi) is 9.50. The molecule has 0 N–H and O–H groups in total. The van der Waals surface area contributed by atoms with Crippen molar-refractivity contribution in [2.24, 2.45) is 0 Å². The topological polar surface area (TPSA) is 6.48 Å². The van der Waals surface area contributed by atoms with Crippen LogP contribution in [-0.2, 0) is 10.8 Å². The summed E-state index contributed by atoms with van der Waals surface area (Å²) in [5.41, 5.74) is 26.7. The number of para-hydroxylation sites is 3. The molecule has 72 heavy (non-hydrogen) atoms. The number of benzene rings is 11. The Balaban J connectivity index is 0.983. The largest absolute Gasteiger partial charge is 0.310 e. The van der Waals surface area contributed by atoms with E-state index in [1.54, 1.807) is 0 Å². The average molecular weight is 919 g/mol. The van der Waals surface area contributed by atoms with Gasteiger partial charge in [0.25, 0.3) is 0 Å². The first-order valence-electron chi connectivity index (χ1n) is 25.2. The third-order valence-corrected chi connectivity index (χ3v) is 15.8. The van der Waals surface area contributed by atoms with Gasteiger partial charge in [-0.15, -0.1) is 0 Å². The highest BCUT2D eigenvalue weighted by molar-refractivity contribution is 6.04. The van der Waals surface area contributed by atoms with Crippen molar-refractivity contribution in [1.82, 2.24) is 0 Å². The summed E-state index contributed by atoms with van der Waals surface area (Å²) < 4.78 is 0. The Morgan fingerprint density at radius 3 is 1.32 bits per heavy atom. The fourth-order valence-corrected chi connectivity index (χ4v) is 12.7. The van der Waals surface area contributed by atoms with Gasteiger partial charge in [0.2, 0.25) is 0 Å². The fourth-order valence-electron chi connectivity index (χ4n) is 12.7. The molecule has 2 heteroatoms. The summed E-state index contributed by atoms with van der Waals surface area (Å²) >= 11 is 0. The average Bonchev–Trinajstić information content (AvgIpc) is 4.00. The van der Waals surface area contributed by atoms with E-state index in [2.05, 4.69) is 291 Å². The van der Waals surface area contributed by atoms with Gasteiger partial charge in [-0.3, -0.25) is 0 Å². The highest BCUT2D eigenvalue weighted by Gasteiger charge is 2.53. The Labute approximate surface area is 422 Å². The maximum absolute atomic E-state index is 2.49. The highest BCUT2D eigenvalue weighted by atomic mass is 15.2. The molecule has 0 saturated carbocycles. The molecule has 11 aromatic carbocycles. The van der Waals surface area contributed by atoms with Gasteiger partial charge in [-0.25, -0.2) is 0 Å². The van der Waals surface area contributed by atoms with Crippen LogP contribution in [-0.4, -0.2) is 0 Å². The van der Waals surface area contributed by atoms with E-state index >= 15 is 0 Å². The Bertz CT molecular complexity index is 3850. The number of hydrogen-bond donors (Lipinski definition) is 0. The van der Waals surface area contributed by atoms with Crippen LogP contribution >= 0.6 is 0 Å². The van der Waals surface area contributed by atoms with E-state index in [4.69, 9.17) is 0 Å². The van der Waals surface area contributed by atoms with Gasteiger partial charge < -0.3 is 9.80 Å². The van der Waals surface area contributed by atoms with Gasteiger partial charge in [-0.05, 0) is 144 Å². The second-order valence-electron chi connectivity index (χ2n) is 20.0. The minimum atomic E-state index is -0.401. The zero-order chi connectivity index (χ0) is 48.0. The van der Waals surface area contributed by atoms with Crippen LogP contribution in [0, 0.1) is 0 Å². The molecule has 0 aromatic heterocycles. The van der Waals surface area contributed by atoms with Crippen LogP contribution < -0.4 is 9.80 Å². The lowest BCUT2D eigenvalue weighted by Crippen LogP contribution is -2.26. The van der Waals surface area contributed by atoms with Crippen molar-refractivity contribution in [2.75, 3.05) is 9.80 Å². The van der Waals surface area contributed by atoms with Crippen molar-refractivity contribution in [1.29, 1.82) is 0 Å². The van der Waals surface area contributed by atoms with Crippen LogP contribution in [0.4, 0.5) is 34.1 Å². The summed E-state index contributed by atoms with van der Waals surface area (Å²) in [6, 6.07) is 98.8. The first kappa shape index (κ1) is 41.9. The third kappa shape index (κ3) is 6.15. The number of fused-ring (bicyclic) bond motifs is 14. The second-order valence-corrected chi connectivity index (χ2v) is 20.0. The summed E-state index contributed by atoms with van der Waals surface area (Å²) in [6.07, 6.45) is 0. The number of nitrogens with zero attached hydrogens (tertiary/aromatic N) is 2. The van der Waals surface area contributed by atoms with E-state index in [9.17, 15) is 0 Å². The van der Waals surface area contributed by atoms with Crippen LogP contribution in [0.25, 0.3) is 55.6 Å². The number of anilines is 6. The molecule has 0 heterocycles. The first-order chi connectivity index (χ1) is 35.5. The third-order valence-electron chi connectivity index (χ3n) is 15.8. The van der Waals surface area contributed by atoms with E-state index in [1.807, 2.05) is 0 Å². The van der Waals surface area contributed by atoms with Crippen molar-refractivity contribution in [3.63, 3.8) is 0 Å². The maximum Gasteiger partial charge on any atom is 0.0725 e. The van der Waals surface area contributed by atoms with Crippen molar-refractivity contribution in [3.05, 3.63) is 300 Å². The summed E-state index contributed by atoms with van der Waals surface area (Å²) in [5, 5.41) is 0. The lowest BCUT2D eigenvalue weighted by Gasteiger charge is -2.32. The van der Waals surface area contributed by atoms with E-state index in [0.717, 1.165) is 50.8 Å². The smallest absolute Gasteiger partial charge is 0.0725 e. The van der Waals surface area contributed by atoms with Gasteiger partial charge in [0.15, 0.2) is 0 Å². The van der Waals surface area contributed by atoms with E-state index in [-0.39, 0.29) is 5.41 Å². The molecule has 0 unspecified atom stereocenters. The fraction of sp³-hybridized carbons (Fsp3) is 0.0571. The zero-order valence-corrected chi connectivity index (χ0v) is 40.3. The molecule has 0 fully saturated rings. The molecule has 14 rings (SSSR count). The summed E-state index contributed by atoms with van der Waals surface area (Å²) in [6.45, 7) is 4.85. The Hall–Kier alpha value is -8.98. The number of rotatable bonds is 8. The molecule has 0 bridgehead atoms. The van der Waals surface area contributed by atoms with Gasteiger partial charge >= 0.3 is 0 Å². The quantitative estimate of drug-likeness (QED) is 0.150. The van der Waals surface area contributed by atoms with E-state index in [1.165, 1.54) is 72.3 Å². The molecular formula is C70H50N2. The molecular weight excluding hydrogens is 869 g/mol. The standard InChI is InChI=1S/C70H50N2/c1-69(2)63-41-42-64-68(58-34-17-21-37-62(58)70(64)60-35-19-15-32-56(60)57-33-16-20-36-61(57)70)67(63)59-40-39-52(46-65(59)69)71(50-27-11-5-12-28-50)53-43-49(47-23-7-3-8-24-47)44-54(45-53)72(51-29-13-6-14-30-51)66-38-22-18-31-55(66)48-25-9-4-10-26-48/h3-46H,1-2H3. The Morgan fingerprint density at radius 2 is 0.694 bits per heavy atom. The SMILES string of the molecule is CC1(C)c2cc(N(c3ccccc3)c3cc(-c4ccccc4)cc(N(c4ccccc4)c4ccccc4-c4ccccc4)c3)ccc2-c2c1ccc1c2-c2ccccc2C12c1ccccc1-c1ccccc12. The van der Waals surface area contributed by atoms with E-state index in [0.29, 0.717) is 0 Å². The highest BCUT2D eigenvalue weighted by Crippen LogP contribution is 2.66. The molecule has 11 aromatic rings. The molecule has 340 valence electrons. The van der Waals surface area contributed by atoms with Gasteiger partial charge in [-0.2, -0.15) is 0 Å². The second kappa shape index (κ2) is 16.3. The monoisotopic (exact) mass is 918 g/mol. The molecule has 0 amide bonds. The lowest BCUT2D eigenvalue weighted by molar-refractivity contribution is 0.660. The van der Waals surface area contributed by atoms with Gasteiger partial charge in [0.1, 0.15) is 0 Å². The summed E-state index contributed by atoms with van der Waals surface area (Å²) in [5.74, 6) is 0. The predicted molar refractivity (Wildman–Crippen MR) is 301 cm³/mol. The van der Waals surface area contributed by atoms with Crippen molar-refractivity contribution in [3.8, 4) is 55.6 Å². The van der Waals surface area contributed by atoms with Crippen LogP contribution in [0.15, 0.2) is 267 Å². The first-order valence-corrected chi connectivity index (χ1v) is 25.2. The van der Waals surface area contributed by atoms with Crippen molar-refractivity contribution < 1.29 is 0 Å². The molecule has 2 nitrogen and oxygen atoms in total. The number of hydrogen-bond acceptors (Lipinski definition) is 2. The molecule has 3 aliphatic carbocycles. The molecule has 1 spiro atoms. The van der Waals surface area contributed by atoms with Gasteiger partial charge in [0, 0.05) is 39.4 Å². The minimum Gasteiger partial charge on any atom is -0.310 e. The van der Waals surface area contributed by atoms with Crippen LogP contribution in [0.3, 0.4) is 0 Å². The molecule has 0 atom stereocenters. The van der Waals surface area contributed by atoms with Crippen molar-refractivity contribution >= 4 is 34.1 Å². The summed E-state index contributed by atoms with van der Waals surface area (Å²) in [4.78, 5) is 4.89. The molecule has 0 saturated heterocycles. The van der Waals surface area contributed by atoms with Crippen LogP contribution in [0.1, 0.15) is 47.2 Å². The maximum atomic E-state index is 2.49. The van der Waals surface area contributed by atoms with Crippen LogP contribution in [0.2, 0.25) is 0 Å². The predicted octanol–water partition coefficient (Wildman–Crippen LogP) is 18.6. The zero-order valence-electron chi connectivity index (χ0n) is 40.3. The van der Waals surface area contributed by atoms with Crippen molar-refractivity contribution in [2.45, 2.75) is 24.7 Å².